The molecule has 0 aliphatic carbocycles. The van der Waals surface area contributed by atoms with Gasteiger partial charge in [0.1, 0.15) is 0 Å². The molecule has 0 aromatic heterocycles. The van der Waals surface area contributed by atoms with Gasteiger partial charge in [-0.15, -0.1) is 6.58 Å². The number of rotatable bonds is 5. The molecule has 0 N–H and O–H groups in total. The summed E-state index contributed by atoms with van der Waals surface area (Å²) < 4.78 is 27.0. The van der Waals surface area contributed by atoms with E-state index in [4.69, 9.17) is 0 Å². The van der Waals surface area contributed by atoms with Crippen LogP contribution in [0.5, 0.6) is 0 Å². The van der Waals surface area contributed by atoms with E-state index in [0.717, 1.165) is 11.1 Å². The molecular formula is C17H19NO2S. The lowest BCUT2D eigenvalue weighted by Gasteiger charge is -2.23. The van der Waals surface area contributed by atoms with Crippen LogP contribution >= 0.6 is 0 Å². The van der Waals surface area contributed by atoms with Crippen molar-refractivity contribution in [2.45, 2.75) is 18.7 Å². The molecule has 4 heteroatoms. The van der Waals surface area contributed by atoms with E-state index in [-0.39, 0.29) is 11.4 Å². The SMILES string of the molecule is C=CCN(c1cccc(C)c1)S(=O)(=O)c1ccc(C)cc1. The van der Waals surface area contributed by atoms with Crippen molar-refractivity contribution in [3.05, 3.63) is 72.3 Å². The Bertz CT molecular complexity index is 734. The van der Waals surface area contributed by atoms with Crippen LogP contribution in [0.2, 0.25) is 0 Å². The number of sulfonamides is 1. The Kier molecular flexibility index (Phi) is 4.48. The van der Waals surface area contributed by atoms with Gasteiger partial charge in [0.25, 0.3) is 10.0 Å². The predicted molar refractivity (Wildman–Crippen MR) is 87.1 cm³/mol. The van der Waals surface area contributed by atoms with Crippen LogP contribution in [0.25, 0.3) is 0 Å². The van der Waals surface area contributed by atoms with E-state index < -0.39 is 10.0 Å². The van der Waals surface area contributed by atoms with Gasteiger partial charge in [0.05, 0.1) is 17.1 Å². The first-order valence-corrected chi connectivity index (χ1v) is 8.16. The molecule has 0 radical (unpaired) electrons. The fourth-order valence-electron chi connectivity index (χ4n) is 2.08. The summed E-state index contributed by atoms with van der Waals surface area (Å²) in [7, 11) is -3.59. The van der Waals surface area contributed by atoms with Crippen LogP contribution in [-0.4, -0.2) is 15.0 Å². The third kappa shape index (κ3) is 3.34. The molecule has 0 aliphatic rings. The molecule has 0 atom stereocenters. The zero-order chi connectivity index (χ0) is 15.5. The fourth-order valence-corrected chi connectivity index (χ4v) is 3.51. The number of nitrogens with zero attached hydrogens (tertiary/aromatic N) is 1. The van der Waals surface area contributed by atoms with Crippen molar-refractivity contribution in [1.82, 2.24) is 0 Å². The first-order valence-electron chi connectivity index (χ1n) is 6.72. The van der Waals surface area contributed by atoms with Crippen LogP contribution in [0, 0.1) is 13.8 Å². The van der Waals surface area contributed by atoms with Gasteiger partial charge in [-0.05, 0) is 43.7 Å². The van der Waals surface area contributed by atoms with Gasteiger partial charge in [-0.1, -0.05) is 35.9 Å². The molecule has 2 aromatic rings. The van der Waals surface area contributed by atoms with Gasteiger partial charge >= 0.3 is 0 Å². The Morgan fingerprint density at radius 1 is 1.05 bits per heavy atom. The van der Waals surface area contributed by atoms with E-state index in [0.29, 0.717) is 5.69 Å². The molecule has 21 heavy (non-hydrogen) atoms. The molecule has 0 unspecified atom stereocenters. The first kappa shape index (κ1) is 15.3. The Labute approximate surface area is 126 Å². The molecule has 0 aliphatic heterocycles. The van der Waals surface area contributed by atoms with E-state index >= 15 is 0 Å². The standard InChI is InChI=1S/C17H19NO2S/c1-4-12-18(16-7-5-6-15(3)13-16)21(19,20)17-10-8-14(2)9-11-17/h4-11,13H,1,12H2,2-3H3. The highest BCUT2D eigenvalue weighted by Crippen LogP contribution is 2.24. The van der Waals surface area contributed by atoms with Crippen LogP contribution in [0.4, 0.5) is 5.69 Å². The summed E-state index contributed by atoms with van der Waals surface area (Å²) in [6.45, 7) is 7.77. The Hall–Kier alpha value is -2.07. The van der Waals surface area contributed by atoms with Gasteiger partial charge in [0.2, 0.25) is 0 Å². The maximum atomic E-state index is 12.8. The molecule has 0 saturated heterocycles. The van der Waals surface area contributed by atoms with E-state index in [1.165, 1.54) is 4.31 Å². The number of benzene rings is 2. The van der Waals surface area contributed by atoms with E-state index in [9.17, 15) is 8.42 Å². The highest BCUT2D eigenvalue weighted by Gasteiger charge is 2.23. The maximum absolute atomic E-state index is 12.8. The summed E-state index contributed by atoms with van der Waals surface area (Å²) in [6, 6.07) is 14.3. The maximum Gasteiger partial charge on any atom is 0.264 e. The lowest BCUT2D eigenvalue weighted by molar-refractivity contribution is 0.593. The molecule has 0 fully saturated rings. The van der Waals surface area contributed by atoms with E-state index in [2.05, 4.69) is 6.58 Å². The van der Waals surface area contributed by atoms with Crippen molar-refractivity contribution in [2.75, 3.05) is 10.8 Å². The monoisotopic (exact) mass is 301 g/mol. The zero-order valence-electron chi connectivity index (χ0n) is 12.3. The highest BCUT2D eigenvalue weighted by atomic mass is 32.2. The average Bonchev–Trinajstić information content (AvgIpc) is 2.45. The number of anilines is 1. The molecule has 0 saturated carbocycles. The summed E-state index contributed by atoms with van der Waals surface area (Å²) in [5, 5.41) is 0. The molecule has 2 aromatic carbocycles. The summed E-state index contributed by atoms with van der Waals surface area (Å²) in [6.07, 6.45) is 1.59. The fraction of sp³-hybridized carbons (Fsp3) is 0.176. The molecule has 0 amide bonds. The van der Waals surface area contributed by atoms with Crippen molar-refractivity contribution >= 4 is 15.7 Å². The quantitative estimate of drug-likeness (QED) is 0.790. The van der Waals surface area contributed by atoms with Gasteiger partial charge in [-0.3, -0.25) is 4.31 Å². The zero-order valence-corrected chi connectivity index (χ0v) is 13.1. The molecular weight excluding hydrogens is 282 g/mol. The molecule has 0 heterocycles. The second kappa shape index (κ2) is 6.14. The smallest absolute Gasteiger partial charge is 0.263 e. The number of hydrogen-bond acceptors (Lipinski definition) is 2. The van der Waals surface area contributed by atoms with Crippen molar-refractivity contribution in [3.63, 3.8) is 0 Å². The van der Waals surface area contributed by atoms with Crippen molar-refractivity contribution < 1.29 is 8.42 Å². The Morgan fingerprint density at radius 2 is 1.71 bits per heavy atom. The van der Waals surface area contributed by atoms with Crippen LogP contribution < -0.4 is 4.31 Å². The Balaban J connectivity index is 2.50. The minimum absolute atomic E-state index is 0.236. The molecule has 0 bridgehead atoms. The lowest BCUT2D eigenvalue weighted by atomic mass is 10.2. The number of aryl methyl sites for hydroxylation is 2. The van der Waals surface area contributed by atoms with Gasteiger partial charge in [-0.25, -0.2) is 8.42 Å². The number of hydrogen-bond donors (Lipinski definition) is 0. The minimum Gasteiger partial charge on any atom is -0.263 e. The van der Waals surface area contributed by atoms with Gasteiger partial charge < -0.3 is 0 Å². The van der Waals surface area contributed by atoms with Crippen LogP contribution in [0.15, 0.2) is 66.1 Å². The van der Waals surface area contributed by atoms with Crippen LogP contribution in [-0.2, 0) is 10.0 Å². The Morgan fingerprint density at radius 3 is 2.29 bits per heavy atom. The summed E-state index contributed by atoms with van der Waals surface area (Å²) in [5.74, 6) is 0. The highest BCUT2D eigenvalue weighted by molar-refractivity contribution is 7.92. The average molecular weight is 301 g/mol. The molecule has 2 rings (SSSR count). The summed E-state index contributed by atoms with van der Waals surface area (Å²) in [4.78, 5) is 0.288. The minimum atomic E-state index is -3.59. The third-order valence-corrected chi connectivity index (χ3v) is 5.00. The predicted octanol–water partition coefficient (Wildman–Crippen LogP) is 3.68. The largest absolute Gasteiger partial charge is 0.264 e. The second-order valence-electron chi connectivity index (χ2n) is 4.98. The molecule has 3 nitrogen and oxygen atoms in total. The molecule has 110 valence electrons. The second-order valence-corrected chi connectivity index (χ2v) is 6.84. The van der Waals surface area contributed by atoms with Gasteiger partial charge in [-0.2, -0.15) is 0 Å². The molecule has 0 spiro atoms. The topological polar surface area (TPSA) is 37.4 Å². The van der Waals surface area contributed by atoms with Crippen LogP contribution in [0.1, 0.15) is 11.1 Å². The van der Waals surface area contributed by atoms with Gasteiger partial charge in [0.15, 0.2) is 0 Å². The van der Waals surface area contributed by atoms with E-state index in [1.54, 1.807) is 36.4 Å². The van der Waals surface area contributed by atoms with Crippen molar-refractivity contribution in [2.24, 2.45) is 0 Å². The van der Waals surface area contributed by atoms with Crippen molar-refractivity contribution in [1.29, 1.82) is 0 Å². The lowest BCUT2D eigenvalue weighted by Crippen LogP contribution is -2.31. The van der Waals surface area contributed by atoms with Crippen LogP contribution in [0.3, 0.4) is 0 Å². The first-order chi connectivity index (χ1) is 9.95. The summed E-state index contributed by atoms with van der Waals surface area (Å²) in [5.41, 5.74) is 2.69. The van der Waals surface area contributed by atoms with Crippen molar-refractivity contribution in [3.8, 4) is 0 Å². The summed E-state index contributed by atoms with van der Waals surface area (Å²) >= 11 is 0. The normalized spacial score (nSPS) is 11.1. The van der Waals surface area contributed by atoms with Gasteiger partial charge in [0, 0.05) is 0 Å². The third-order valence-electron chi connectivity index (χ3n) is 3.19. The van der Waals surface area contributed by atoms with E-state index in [1.807, 2.05) is 32.0 Å².